The Labute approximate surface area is 122 Å². The van der Waals surface area contributed by atoms with E-state index in [2.05, 4.69) is 0 Å². The summed E-state index contributed by atoms with van der Waals surface area (Å²) >= 11 is 0. The molecule has 5 heteroatoms. The molecule has 2 heterocycles. The number of rotatable bonds is 1. The van der Waals surface area contributed by atoms with Crippen LogP contribution in [0, 0.1) is 0 Å². The third-order valence-corrected chi connectivity index (χ3v) is 3.55. The van der Waals surface area contributed by atoms with Gasteiger partial charge in [0.05, 0.1) is 17.6 Å². The summed E-state index contributed by atoms with van der Waals surface area (Å²) in [7, 11) is 0. The first kappa shape index (κ1) is 13.8. The van der Waals surface area contributed by atoms with Crippen molar-refractivity contribution < 1.29 is 13.9 Å². The second-order valence-electron chi connectivity index (χ2n) is 5.44. The summed E-state index contributed by atoms with van der Waals surface area (Å²) in [6, 6.07) is 8.20. The summed E-state index contributed by atoms with van der Waals surface area (Å²) < 4.78 is 11.2. The van der Waals surface area contributed by atoms with Gasteiger partial charge in [-0.15, -0.1) is 0 Å². The minimum absolute atomic E-state index is 0.0233. The van der Waals surface area contributed by atoms with Crippen LogP contribution in [0.25, 0.3) is 11.0 Å². The van der Waals surface area contributed by atoms with E-state index < -0.39 is 0 Å². The van der Waals surface area contributed by atoms with E-state index in [4.69, 9.17) is 9.15 Å². The fraction of sp³-hybridized carbons (Fsp3) is 0.375. The molecule has 0 radical (unpaired) electrons. The first-order chi connectivity index (χ1) is 10.0. The lowest BCUT2D eigenvalue weighted by molar-refractivity contribution is -0.0592. The minimum atomic E-state index is -0.264. The number of hydrogen-bond acceptors (Lipinski definition) is 4. The van der Waals surface area contributed by atoms with Crippen molar-refractivity contribution in [1.29, 1.82) is 0 Å². The van der Waals surface area contributed by atoms with E-state index >= 15 is 0 Å². The average Bonchev–Trinajstić information content (AvgIpc) is 2.45. The second kappa shape index (κ2) is 5.33. The smallest absolute Gasteiger partial charge is 0.289 e. The molecule has 2 atom stereocenters. The predicted molar refractivity (Wildman–Crippen MR) is 78.4 cm³/mol. The predicted octanol–water partition coefficient (Wildman–Crippen LogP) is 2.04. The van der Waals surface area contributed by atoms with Gasteiger partial charge in [-0.2, -0.15) is 0 Å². The molecule has 2 unspecified atom stereocenters. The highest BCUT2D eigenvalue weighted by Crippen LogP contribution is 2.16. The van der Waals surface area contributed by atoms with E-state index in [0.717, 1.165) is 0 Å². The molecular weight excluding hydrogens is 270 g/mol. The van der Waals surface area contributed by atoms with Gasteiger partial charge in [0.25, 0.3) is 5.91 Å². The van der Waals surface area contributed by atoms with Gasteiger partial charge in [0.2, 0.25) is 0 Å². The van der Waals surface area contributed by atoms with E-state index in [1.165, 1.54) is 6.07 Å². The SMILES string of the molecule is CC1CN(C(=O)c2cc(=O)c3ccccc3o2)CC(C)O1. The molecule has 0 saturated carbocycles. The van der Waals surface area contributed by atoms with Gasteiger partial charge in [-0.25, -0.2) is 0 Å². The summed E-state index contributed by atoms with van der Waals surface area (Å²) in [6.45, 7) is 4.85. The Bertz CT molecular complexity index is 726. The van der Waals surface area contributed by atoms with Crippen LogP contribution in [0.3, 0.4) is 0 Å². The molecule has 3 rings (SSSR count). The molecule has 1 aromatic carbocycles. The number of carbonyl (C=O) groups is 1. The average molecular weight is 287 g/mol. The van der Waals surface area contributed by atoms with Crippen LogP contribution in [0.4, 0.5) is 0 Å². The minimum Gasteiger partial charge on any atom is -0.451 e. The quantitative estimate of drug-likeness (QED) is 0.805. The number of amides is 1. The van der Waals surface area contributed by atoms with E-state index in [9.17, 15) is 9.59 Å². The number of morpholine rings is 1. The van der Waals surface area contributed by atoms with Crippen molar-refractivity contribution in [3.05, 3.63) is 46.3 Å². The van der Waals surface area contributed by atoms with Crippen molar-refractivity contribution in [2.75, 3.05) is 13.1 Å². The third-order valence-electron chi connectivity index (χ3n) is 3.55. The highest BCUT2D eigenvalue weighted by molar-refractivity contribution is 5.93. The lowest BCUT2D eigenvalue weighted by Gasteiger charge is -2.34. The van der Waals surface area contributed by atoms with Crippen LogP contribution >= 0.6 is 0 Å². The number of ether oxygens (including phenoxy) is 1. The maximum absolute atomic E-state index is 12.5. The van der Waals surface area contributed by atoms with Crippen molar-refractivity contribution in [3.63, 3.8) is 0 Å². The molecule has 1 aromatic heterocycles. The number of benzene rings is 1. The van der Waals surface area contributed by atoms with Crippen LogP contribution in [0.1, 0.15) is 24.4 Å². The number of nitrogens with zero attached hydrogens (tertiary/aromatic N) is 1. The van der Waals surface area contributed by atoms with Crippen LogP contribution in [-0.2, 0) is 4.74 Å². The van der Waals surface area contributed by atoms with E-state index in [1.54, 1.807) is 29.2 Å². The molecule has 1 aliphatic rings. The van der Waals surface area contributed by atoms with Crippen LogP contribution in [-0.4, -0.2) is 36.1 Å². The Kier molecular flexibility index (Phi) is 3.51. The van der Waals surface area contributed by atoms with Gasteiger partial charge in [0, 0.05) is 19.2 Å². The summed E-state index contributed by atoms with van der Waals surface area (Å²) in [5, 5.41) is 0.484. The van der Waals surface area contributed by atoms with Gasteiger partial charge in [-0.1, -0.05) is 12.1 Å². The molecule has 110 valence electrons. The third kappa shape index (κ3) is 2.69. The fourth-order valence-electron chi connectivity index (χ4n) is 2.71. The Hall–Kier alpha value is -2.14. The Morgan fingerprint density at radius 3 is 2.57 bits per heavy atom. The highest BCUT2D eigenvalue weighted by Gasteiger charge is 2.28. The van der Waals surface area contributed by atoms with E-state index in [-0.39, 0.29) is 29.3 Å². The zero-order valence-electron chi connectivity index (χ0n) is 12.0. The van der Waals surface area contributed by atoms with Gasteiger partial charge in [0.15, 0.2) is 11.2 Å². The lowest BCUT2D eigenvalue weighted by Crippen LogP contribution is -2.48. The molecule has 0 aliphatic carbocycles. The van der Waals surface area contributed by atoms with Crippen molar-refractivity contribution in [1.82, 2.24) is 4.90 Å². The molecule has 5 nitrogen and oxygen atoms in total. The Morgan fingerprint density at radius 2 is 1.86 bits per heavy atom. The standard InChI is InChI=1S/C16H17NO4/c1-10-8-17(9-11(2)20-10)16(19)15-7-13(18)12-5-3-4-6-14(12)21-15/h3-7,10-11H,8-9H2,1-2H3. The molecule has 1 aliphatic heterocycles. The topological polar surface area (TPSA) is 59.8 Å². The largest absolute Gasteiger partial charge is 0.451 e. The molecule has 0 N–H and O–H groups in total. The number of fused-ring (bicyclic) bond motifs is 1. The lowest BCUT2D eigenvalue weighted by atomic mass is 10.2. The molecule has 21 heavy (non-hydrogen) atoms. The van der Waals surface area contributed by atoms with Crippen LogP contribution in [0.15, 0.2) is 39.5 Å². The summed E-state index contributed by atoms with van der Waals surface area (Å²) in [4.78, 5) is 26.3. The maximum atomic E-state index is 12.5. The highest BCUT2D eigenvalue weighted by atomic mass is 16.5. The van der Waals surface area contributed by atoms with Gasteiger partial charge in [-0.3, -0.25) is 9.59 Å². The fourth-order valence-corrected chi connectivity index (χ4v) is 2.71. The molecular formula is C16H17NO4. The van der Waals surface area contributed by atoms with Crippen LogP contribution in [0.5, 0.6) is 0 Å². The summed E-state index contributed by atoms with van der Waals surface area (Å²) in [5.74, 6) is -0.181. The molecule has 1 amide bonds. The number of hydrogen-bond donors (Lipinski definition) is 0. The van der Waals surface area contributed by atoms with Crippen molar-refractivity contribution in [2.24, 2.45) is 0 Å². The monoisotopic (exact) mass is 287 g/mol. The van der Waals surface area contributed by atoms with Gasteiger partial charge >= 0.3 is 0 Å². The molecule has 0 bridgehead atoms. The van der Waals surface area contributed by atoms with Crippen LogP contribution < -0.4 is 5.43 Å². The van der Waals surface area contributed by atoms with Gasteiger partial charge in [0.1, 0.15) is 5.58 Å². The first-order valence-electron chi connectivity index (χ1n) is 7.02. The molecule has 1 saturated heterocycles. The van der Waals surface area contributed by atoms with Crippen molar-refractivity contribution in [3.8, 4) is 0 Å². The molecule has 0 spiro atoms. The van der Waals surface area contributed by atoms with Crippen molar-refractivity contribution in [2.45, 2.75) is 26.1 Å². The van der Waals surface area contributed by atoms with Gasteiger partial charge < -0.3 is 14.1 Å². The first-order valence-corrected chi connectivity index (χ1v) is 7.02. The van der Waals surface area contributed by atoms with Crippen molar-refractivity contribution >= 4 is 16.9 Å². The maximum Gasteiger partial charge on any atom is 0.289 e. The zero-order chi connectivity index (χ0) is 15.0. The van der Waals surface area contributed by atoms with E-state index in [0.29, 0.717) is 24.1 Å². The Balaban J connectivity index is 1.96. The number of carbonyl (C=O) groups excluding carboxylic acids is 1. The van der Waals surface area contributed by atoms with E-state index in [1.807, 2.05) is 13.8 Å². The summed E-state index contributed by atoms with van der Waals surface area (Å²) in [5.41, 5.74) is 0.234. The zero-order valence-corrected chi connectivity index (χ0v) is 12.0. The van der Waals surface area contributed by atoms with Crippen LogP contribution in [0.2, 0.25) is 0 Å². The normalized spacial score (nSPS) is 22.5. The second-order valence-corrected chi connectivity index (χ2v) is 5.44. The number of para-hydroxylation sites is 1. The molecule has 1 fully saturated rings. The molecule has 2 aromatic rings. The Morgan fingerprint density at radius 1 is 1.19 bits per heavy atom. The summed E-state index contributed by atoms with van der Waals surface area (Å²) in [6.07, 6.45) is -0.0465. The van der Waals surface area contributed by atoms with Gasteiger partial charge in [-0.05, 0) is 26.0 Å².